The number of hydrogen-bond acceptors (Lipinski definition) is 6. The van der Waals surface area contributed by atoms with Crippen LogP contribution in [0.3, 0.4) is 0 Å². The highest BCUT2D eigenvalue weighted by Gasteiger charge is 2.44. The second kappa shape index (κ2) is 8.52. The van der Waals surface area contributed by atoms with Gasteiger partial charge in [-0.3, -0.25) is 4.79 Å². The predicted octanol–water partition coefficient (Wildman–Crippen LogP) is 2.64. The van der Waals surface area contributed by atoms with Crippen molar-refractivity contribution in [3.63, 3.8) is 0 Å². The van der Waals surface area contributed by atoms with Gasteiger partial charge < -0.3 is 15.8 Å². The number of rotatable bonds is 6. The topological polar surface area (TPSA) is 124 Å². The zero-order chi connectivity index (χ0) is 22.1. The van der Waals surface area contributed by atoms with Crippen molar-refractivity contribution in [1.29, 1.82) is 0 Å². The third kappa shape index (κ3) is 5.03. The number of hydrogen-bond donors (Lipinski definition) is 2. The number of carbonyl (C=O) groups excluding carboxylic acids is 1. The van der Waals surface area contributed by atoms with E-state index in [-0.39, 0.29) is 23.0 Å². The maximum atomic E-state index is 14.7. The fourth-order valence-corrected chi connectivity index (χ4v) is 4.10. The molecule has 1 aliphatic carbocycles. The van der Waals surface area contributed by atoms with Gasteiger partial charge in [-0.2, -0.15) is 0 Å². The molecule has 1 aromatic heterocycles. The van der Waals surface area contributed by atoms with E-state index in [1.807, 2.05) is 0 Å². The highest BCUT2D eigenvalue weighted by atomic mass is 35.5. The van der Waals surface area contributed by atoms with Crippen LogP contribution >= 0.6 is 11.6 Å². The van der Waals surface area contributed by atoms with Crippen molar-refractivity contribution in [3.05, 3.63) is 52.6 Å². The van der Waals surface area contributed by atoms with Crippen molar-refractivity contribution in [1.82, 2.24) is 4.98 Å². The van der Waals surface area contributed by atoms with E-state index in [9.17, 15) is 22.0 Å². The fraction of sp³-hybridized carbons (Fsp3) is 0.278. The Morgan fingerprint density at radius 2 is 2.17 bits per heavy atom. The number of amidine groups is 1. The van der Waals surface area contributed by atoms with Gasteiger partial charge in [0.15, 0.2) is 16.6 Å². The number of sulfone groups is 1. The minimum atomic E-state index is -3.93. The number of nitrogens with two attached hydrogens (primary N) is 1. The van der Waals surface area contributed by atoms with Crippen LogP contribution in [-0.4, -0.2) is 44.5 Å². The summed E-state index contributed by atoms with van der Waals surface area (Å²) in [6, 6.07) is 4.73. The zero-order valence-electron chi connectivity index (χ0n) is 15.6. The average Bonchev–Trinajstić information content (AvgIpc) is 3.39. The van der Waals surface area contributed by atoms with Gasteiger partial charge in [-0.1, -0.05) is 11.6 Å². The summed E-state index contributed by atoms with van der Waals surface area (Å²) in [5.41, 5.74) is 5.61. The number of aliphatic imine (C=N–C) groups is 1. The van der Waals surface area contributed by atoms with Crippen LogP contribution < -0.4 is 11.1 Å². The van der Waals surface area contributed by atoms with Gasteiger partial charge in [0.25, 0.3) is 11.9 Å². The van der Waals surface area contributed by atoms with Crippen LogP contribution in [0.4, 0.5) is 14.5 Å². The lowest BCUT2D eigenvalue weighted by Crippen LogP contribution is -2.19. The predicted molar refractivity (Wildman–Crippen MR) is 107 cm³/mol. The summed E-state index contributed by atoms with van der Waals surface area (Å²) in [5, 5.41) is 2.82. The third-order valence-electron chi connectivity index (χ3n) is 4.28. The van der Waals surface area contributed by atoms with Crippen molar-refractivity contribution in [2.24, 2.45) is 10.7 Å². The van der Waals surface area contributed by atoms with Gasteiger partial charge in [-0.05, 0) is 36.2 Å². The van der Waals surface area contributed by atoms with Crippen LogP contribution in [0.15, 0.2) is 40.4 Å². The molecule has 0 spiro atoms. The zero-order valence-corrected chi connectivity index (χ0v) is 17.2. The lowest BCUT2D eigenvalue weighted by Gasteiger charge is -2.13. The first-order valence-electron chi connectivity index (χ1n) is 8.59. The molecule has 3 N–H and O–H groups in total. The monoisotopic (exact) mass is 458 g/mol. The molecule has 30 heavy (non-hydrogen) atoms. The number of alkyl halides is 1. The summed E-state index contributed by atoms with van der Waals surface area (Å²) in [7, 11) is -3.93. The first-order valence-corrected chi connectivity index (χ1v) is 10.9. The molecule has 3 rings (SSSR count). The Bertz CT molecular complexity index is 1110. The van der Waals surface area contributed by atoms with Crippen LogP contribution in [0.25, 0.3) is 0 Å². The Morgan fingerprint density at radius 1 is 1.43 bits per heavy atom. The molecule has 1 aromatic carbocycles. The van der Waals surface area contributed by atoms with Crippen molar-refractivity contribution >= 4 is 39.1 Å². The van der Waals surface area contributed by atoms with Gasteiger partial charge >= 0.3 is 0 Å². The van der Waals surface area contributed by atoms with Gasteiger partial charge in [-0.15, -0.1) is 0 Å². The highest BCUT2D eigenvalue weighted by molar-refractivity contribution is 7.90. The van der Waals surface area contributed by atoms with Crippen molar-refractivity contribution in [3.8, 4) is 0 Å². The fourth-order valence-electron chi connectivity index (χ4n) is 2.94. The first-order chi connectivity index (χ1) is 14.1. The van der Waals surface area contributed by atoms with E-state index in [1.54, 1.807) is 0 Å². The molecule has 2 atom stereocenters. The van der Waals surface area contributed by atoms with Gasteiger partial charge in [-0.25, -0.2) is 27.2 Å². The number of nitrogens with one attached hydrogen (secondary N) is 1. The van der Waals surface area contributed by atoms with Crippen LogP contribution in [0.1, 0.15) is 28.4 Å². The van der Waals surface area contributed by atoms with Crippen LogP contribution in [0.5, 0.6) is 0 Å². The summed E-state index contributed by atoms with van der Waals surface area (Å²) < 4.78 is 56.4. The molecule has 0 bridgehead atoms. The number of pyridine rings is 1. The summed E-state index contributed by atoms with van der Waals surface area (Å²) in [5.74, 6) is -2.18. The molecule has 12 heteroatoms. The molecular weight excluding hydrogens is 442 g/mol. The van der Waals surface area contributed by atoms with Crippen LogP contribution in [-0.2, 0) is 14.6 Å². The summed E-state index contributed by atoms with van der Waals surface area (Å²) in [6.45, 7) is -1.06. The Hall–Kier alpha value is -2.79. The van der Waals surface area contributed by atoms with E-state index in [2.05, 4.69) is 15.3 Å². The summed E-state index contributed by atoms with van der Waals surface area (Å²) >= 11 is 5.74. The Balaban J connectivity index is 1.91. The van der Waals surface area contributed by atoms with E-state index >= 15 is 0 Å². The minimum Gasteiger partial charge on any atom is -0.461 e. The van der Waals surface area contributed by atoms with Crippen molar-refractivity contribution in [2.45, 2.75) is 23.3 Å². The number of benzene rings is 1. The maximum absolute atomic E-state index is 14.7. The molecule has 2 aromatic rings. The van der Waals surface area contributed by atoms with E-state index < -0.39 is 45.3 Å². The highest BCUT2D eigenvalue weighted by Crippen LogP contribution is 2.47. The number of amides is 1. The smallest absolute Gasteiger partial charge is 0.284 e. The number of ether oxygens (including phenoxy) is 1. The molecule has 1 aliphatic rings. The minimum absolute atomic E-state index is 0.0349. The number of aromatic nitrogens is 1. The Labute approximate surface area is 176 Å². The quantitative estimate of drug-likeness (QED) is 0.389. The SMILES string of the molecule is CS(=O)(=O)c1c(F)cc(NC(=O)c2ccc(Cl)cn2)cc1C1C[C@H]1OC(N)=NCF. The average molecular weight is 459 g/mol. The molecule has 160 valence electrons. The largest absolute Gasteiger partial charge is 0.461 e. The molecule has 8 nitrogen and oxygen atoms in total. The van der Waals surface area contributed by atoms with E-state index in [1.165, 1.54) is 24.4 Å². The molecule has 1 unspecified atom stereocenters. The van der Waals surface area contributed by atoms with Crippen LogP contribution in [0.2, 0.25) is 5.02 Å². The Morgan fingerprint density at radius 3 is 2.77 bits per heavy atom. The molecule has 1 amide bonds. The standard InChI is InChI=1S/C18H17ClF2N4O4S/c1-30(27,28)16-12(11-6-15(11)29-18(22)24-8-20)4-10(5-13(16)21)25-17(26)14-3-2-9(19)7-23-14/h2-5,7,11,15H,6,8H2,1H3,(H2,22,24)(H,25,26)/t11?,15-/m1/s1. The lowest BCUT2D eigenvalue weighted by molar-refractivity contribution is 0.102. The molecule has 0 aliphatic heterocycles. The van der Waals surface area contributed by atoms with Gasteiger partial charge in [0.1, 0.15) is 22.5 Å². The molecule has 0 radical (unpaired) electrons. The second-order valence-electron chi connectivity index (χ2n) is 6.58. The van der Waals surface area contributed by atoms with E-state index in [4.69, 9.17) is 22.1 Å². The Kier molecular flexibility index (Phi) is 6.22. The lowest BCUT2D eigenvalue weighted by atomic mass is 10.1. The van der Waals surface area contributed by atoms with Gasteiger partial charge in [0.2, 0.25) is 0 Å². The molecule has 0 saturated heterocycles. The maximum Gasteiger partial charge on any atom is 0.284 e. The van der Waals surface area contributed by atoms with Crippen LogP contribution in [0, 0.1) is 5.82 Å². The van der Waals surface area contributed by atoms with E-state index in [0.717, 1.165) is 12.3 Å². The number of anilines is 1. The normalized spacial score (nSPS) is 18.7. The van der Waals surface area contributed by atoms with E-state index in [0.29, 0.717) is 11.4 Å². The van der Waals surface area contributed by atoms with Gasteiger partial charge in [0, 0.05) is 24.1 Å². The second-order valence-corrected chi connectivity index (χ2v) is 8.97. The molecule has 1 saturated carbocycles. The number of nitrogens with zero attached hydrogens (tertiary/aromatic N) is 2. The van der Waals surface area contributed by atoms with Crippen molar-refractivity contribution in [2.75, 3.05) is 18.4 Å². The molecule has 1 heterocycles. The number of halogens is 3. The summed E-state index contributed by atoms with van der Waals surface area (Å²) in [6.07, 6.45) is 1.89. The molecular formula is C18H17ClF2N4O4S. The third-order valence-corrected chi connectivity index (χ3v) is 5.68. The summed E-state index contributed by atoms with van der Waals surface area (Å²) in [4.78, 5) is 19.0. The first kappa shape index (κ1) is 21.9. The number of carbonyl (C=O) groups is 1. The van der Waals surface area contributed by atoms with Crippen molar-refractivity contribution < 1.29 is 26.7 Å². The molecule has 1 fully saturated rings. The van der Waals surface area contributed by atoms with Gasteiger partial charge in [0.05, 0.1) is 5.02 Å².